The normalized spacial score (nSPS) is 22.3. The van der Waals surface area contributed by atoms with E-state index in [1.165, 1.54) is 6.42 Å². The molecule has 0 spiro atoms. The molecular formula is C29H36N2O3. The van der Waals surface area contributed by atoms with Gasteiger partial charge in [-0.3, -0.25) is 19.3 Å². The lowest BCUT2D eigenvalue weighted by Gasteiger charge is -2.47. The van der Waals surface area contributed by atoms with E-state index in [1.807, 2.05) is 65.6 Å². The second kappa shape index (κ2) is 11.1. The van der Waals surface area contributed by atoms with Crippen LogP contribution < -0.4 is 0 Å². The van der Waals surface area contributed by atoms with E-state index in [2.05, 4.69) is 0 Å². The van der Waals surface area contributed by atoms with E-state index in [9.17, 15) is 14.4 Å². The smallest absolute Gasteiger partial charge is 0.236 e. The largest absolute Gasteiger partial charge is 0.348 e. The third-order valence-electron chi connectivity index (χ3n) is 7.68. The number of hydrogen-bond acceptors (Lipinski definition) is 4. The van der Waals surface area contributed by atoms with Gasteiger partial charge in [-0.1, -0.05) is 92.8 Å². The molecule has 0 aromatic heterocycles. The van der Waals surface area contributed by atoms with Gasteiger partial charge in [-0.2, -0.15) is 0 Å². The Morgan fingerprint density at radius 3 is 1.68 bits per heavy atom. The Morgan fingerprint density at radius 1 is 0.765 bits per heavy atom. The molecule has 1 heterocycles. The van der Waals surface area contributed by atoms with Gasteiger partial charge in [0.2, 0.25) is 5.91 Å². The molecule has 1 aliphatic carbocycles. The van der Waals surface area contributed by atoms with Crippen LogP contribution in [0.15, 0.2) is 60.7 Å². The molecule has 1 saturated carbocycles. The molecule has 2 aromatic carbocycles. The van der Waals surface area contributed by atoms with E-state index < -0.39 is 0 Å². The highest BCUT2D eigenvalue weighted by Crippen LogP contribution is 2.43. The van der Waals surface area contributed by atoms with E-state index in [4.69, 9.17) is 0 Å². The van der Waals surface area contributed by atoms with Gasteiger partial charge in [-0.25, -0.2) is 0 Å². The van der Waals surface area contributed by atoms with Crippen LogP contribution in [-0.2, 0) is 4.79 Å². The molecule has 1 amide bonds. The molecule has 2 aliphatic rings. The van der Waals surface area contributed by atoms with Crippen molar-refractivity contribution in [3.63, 3.8) is 0 Å². The first-order valence-corrected chi connectivity index (χ1v) is 12.6. The fourth-order valence-corrected chi connectivity index (χ4v) is 5.94. The summed E-state index contributed by atoms with van der Waals surface area (Å²) < 4.78 is 0. The molecule has 180 valence electrons. The molecule has 4 rings (SSSR count). The molecule has 1 aliphatic heterocycles. The maximum Gasteiger partial charge on any atom is 0.236 e. The summed E-state index contributed by atoms with van der Waals surface area (Å²) in [4.78, 5) is 44.0. The van der Waals surface area contributed by atoms with E-state index >= 15 is 0 Å². The number of likely N-dealkylation sites (tertiary alicyclic amines) is 1. The van der Waals surface area contributed by atoms with Crippen molar-refractivity contribution >= 4 is 17.5 Å². The Kier molecular flexibility index (Phi) is 7.94. The molecule has 0 unspecified atom stereocenters. The summed E-state index contributed by atoms with van der Waals surface area (Å²) in [6.45, 7) is 1.27. The number of carbonyl (C=O) groups is 3. The summed E-state index contributed by atoms with van der Waals surface area (Å²) in [5.74, 6) is -0.0537. The molecule has 2 atom stereocenters. The summed E-state index contributed by atoms with van der Waals surface area (Å²) in [5, 5.41) is 0. The topological polar surface area (TPSA) is 57.7 Å². The van der Waals surface area contributed by atoms with Gasteiger partial charge >= 0.3 is 0 Å². The summed E-state index contributed by atoms with van der Waals surface area (Å²) in [7, 11) is 3.49. The Hall–Kier alpha value is -2.79. The van der Waals surface area contributed by atoms with Gasteiger partial charge in [0.05, 0.1) is 6.54 Å². The quantitative estimate of drug-likeness (QED) is 0.568. The summed E-state index contributed by atoms with van der Waals surface area (Å²) in [6, 6.07) is 18.9. The molecule has 34 heavy (non-hydrogen) atoms. The third kappa shape index (κ3) is 5.47. The van der Waals surface area contributed by atoms with Crippen molar-refractivity contribution in [2.75, 3.05) is 33.7 Å². The van der Waals surface area contributed by atoms with E-state index in [0.29, 0.717) is 30.1 Å². The number of ketones is 2. The van der Waals surface area contributed by atoms with Gasteiger partial charge < -0.3 is 4.90 Å². The summed E-state index contributed by atoms with van der Waals surface area (Å²) in [5.41, 5.74) is 1.39. The maximum absolute atomic E-state index is 13.9. The summed E-state index contributed by atoms with van der Waals surface area (Å²) in [6.07, 6.45) is 5.67. The minimum Gasteiger partial charge on any atom is -0.348 e. The lowest BCUT2D eigenvalue weighted by Crippen LogP contribution is -2.55. The molecule has 0 bridgehead atoms. The van der Waals surface area contributed by atoms with E-state index in [0.717, 1.165) is 25.7 Å². The lowest BCUT2D eigenvalue weighted by molar-refractivity contribution is -0.131. The third-order valence-corrected chi connectivity index (χ3v) is 7.68. The van der Waals surface area contributed by atoms with Gasteiger partial charge in [0, 0.05) is 50.1 Å². The Balaban J connectivity index is 1.73. The maximum atomic E-state index is 13.9. The number of Topliss-reactive ketones (excluding diaryl/α,β-unsaturated/α-hetero) is 2. The van der Waals surface area contributed by atoms with Gasteiger partial charge in [-0.15, -0.1) is 0 Å². The number of likely N-dealkylation sites (N-methyl/N-ethyl adjacent to an activating group) is 1. The molecule has 5 nitrogen and oxygen atoms in total. The van der Waals surface area contributed by atoms with Gasteiger partial charge in [0.15, 0.2) is 11.6 Å². The first-order chi connectivity index (χ1) is 16.5. The highest BCUT2D eigenvalue weighted by Gasteiger charge is 2.47. The first kappa shape index (κ1) is 24.3. The summed E-state index contributed by atoms with van der Waals surface area (Å²) >= 11 is 0. The minimum absolute atomic E-state index is 0.00654. The monoisotopic (exact) mass is 460 g/mol. The molecule has 2 fully saturated rings. The van der Waals surface area contributed by atoms with Crippen LogP contribution in [0.2, 0.25) is 0 Å². The van der Waals surface area contributed by atoms with Crippen molar-refractivity contribution < 1.29 is 14.4 Å². The van der Waals surface area contributed by atoms with Gasteiger partial charge in [0.1, 0.15) is 0 Å². The van der Waals surface area contributed by atoms with Crippen LogP contribution in [0.1, 0.15) is 52.8 Å². The average Bonchev–Trinajstić information content (AvgIpc) is 2.88. The molecule has 1 saturated heterocycles. The SMILES string of the molecule is CN(C)C(=O)CN1C[C@H](C(=O)c2ccccc2)C(C2CCCCC2)[C@@H](C(=O)c2ccccc2)C1. The van der Waals surface area contributed by atoms with Crippen LogP contribution in [0.4, 0.5) is 0 Å². The second-order valence-electron chi connectivity index (χ2n) is 10.1. The van der Waals surface area contributed by atoms with Crippen LogP contribution in [0.25, 0.3) is 0 Å². The Bertz CT molecular complexity index is 921. The molecule has 2 aromatic rings. The van der Waals surface area contributed by atoms with E-state index in [-0.39, 0.29) is 41.8 Å². The predicted molar refractivity (Wildman–Crippen MR) is 134 cm³/mol. The molecule has 0 radical (unpaired) electrons. The molecule has 5 heteroatoms. The number of rotatable bonds is 7. The highest BCUT2D eigenvalue weighted by atomic mass is 16.2. The van der Waals surface area contributed by atoms with Crippen LogP contribution >= 0.6 is 0 Å². The average molecular weight is 461 g/mol. The fraction of sp³-hybridized carbons (Fsp3) is 0.483. The lowest BCUT2D eigenvalue weighted by atomic mass is 9.63. The number of piperidine rings is 1. The van der Waals surface area contributed by atoms with Crippen LogP contribution in [0.3, 0.4) is 0 Å². The number of nitrogens with zero attached hydrogens (tertiary/aromatic N) is 2. The number of carbonyl (C=O) groups excluding carboxylic acids is 3. The zero-order valence-corrected chi connectivity index (χ0v) is 20.4. The van der Waals surface area contributed by atoms with Crippen LogP contribution in [0.5, 0.6) is 0 Å². The van der Waals surface area contributed by atoms with Crippen LogP contribution in [-0.4, -0.2) is 61.0 Å². The van der Waals surface area contributed by atoms with Crippen LogP contribution in [0, 0.1) is 23.7 Å². The molecule has 0 N–H and O–H groups in total. The fourth-order valence-electron chi connectivity index (χ4n) is 5.94. The Morgan fingerprint density at radius 2 is 1.24 bits per heavy atom. The zero-order valence-electron chi connectivity index (χ0n) is 20.4. The van der Waals surface area contributed by atoms with Crippen molar-refractivity contribution in [2.45, 2.75) is 32.1 Å². The van der Waals surface area contributed by atoms with Crippen molar-refractivity contribution in [2.24, 2.45) is 23.7 Å². The highest BCUT2D eigenvalue weighted by molar-refractivity contribution is 6.01. The van der Waals surface area contributed by atoms with Crippen molar-refractivity contribution in [1.82, 2.24) is 9.80 Å². The first-order valence-electron chi connectivity index (χ1n) is 12.6. The van der Waals surface area contributed by atoms with Gasteiger partial charge in [0.25, 0.3) is 0 Å². The van der Waals surface area contributed by atoms with E-state index in [1.54, 1.807) is 19.0 Å². The number of amides is 1. The zero-order chi connectivity index (χ0) is 24.1. The minimum atomic E-state index is -0.299. The number of hydrogen-bond donors (Lipinski definition) is 0. The molecular weight excluding hydrogens is 424 g/mol. The van der Waals surface area contributed by atoms with Crippen molar-refractivity contribution in [3.05, 3.63) is 71.8 Å². The van der Waals surface area contributed by atoms with Gasteiger partial charge in [-0.05, 0) is 11.8 Å². The second-order valence-corrected chi connectivity index (χ2v) is 10.1. The standard InChI is InChI=1S/C29H36N2O3/c1-30(2)26(32)20-31-18-24(28(33)22-14-8-4-9-15-22)27(21-12-6-3-7-13-21)25(19-31)29(34)23-16-10-5-11-17-23/h4-5,8-11,14-17,21,24-25,27H,3,6-7,12-13,18-20H2,1-2H3/t24-,25-/m0/s1. The van der Waals surface area contributed by atoms with Crippen molar-refractivity contribution in [1.29, 1.82) is 0 Å². The number of benzene rings is 2. The van der Waals surface area contributed by atoms with Crippen molar-refractivity contribution in [3.8, 4) is 0 Å². The Labute approximate surface area is 203 Å². The predicted octanol–water partition coefficient (Wildman–Crippen LogP) is 4.58.